The largest absolute Gasteiger partial charge is 0.383 e. The average molecular weight is 436 g/mol. The van der Waals surface area contributed by atoms with Gasteiger partial charge in [-0.2, -0.15) is 4.31 Å². The van der Waals surface area contributed by atoms with Crippen LogP contribution >= 0.6 is 12.4 Å². The Labute approximate surface area is 173 Å². The van der Waals surface area contributed by atoms with Crippen LogP contribution in [-0.4, -0.2) is 78.3 Å². The van der Waals surface area contributed by atoms with Gasteiger partial charge < -0.3 is 20.1 Å². The van der Waals surface area contributed by atoms with Crippen molar-refractivity contribution in [2.75, 3.05) is 59.7 Å². The van der Waals surface area contributed by atoms with Crippen LogP contribution in [0.3, 0.4) is 0 Å². The normalized spacial score (nSPS) is 15.0. The standard InChI is InChI=1S/C18H29N3O5S.ClH/c1-25-13-10-19-8-9-20-18(22)7-4-16-2-5-17(6-3-16)27(23,24)21-11-14-26-15-12-21;/h2-3,5-6,19H,4,7-15H2,1H3,(H,20,22);1H. The lowest BCUT2D eigenvalue weighted by molar-refractivity contribution is -0.121. The minimum atomic E-state index is -3.47. The van der Waals surface area contributed by atoms with Crippen molar-refractivity contribution >= 4 is 28.3 Å². The van der Waals surface area contributed by atoms with Crippen molar-refractivity contribution in [3.05, 3.63) is 29.8 Å². The quantitative estimate of drug-likeness (QED) is 0.489. The van der Waals surface area contributed by atoms with Crippen LogP contribution in [0.4, 0.5) is 0 Å². The number of morpholine rings is 1. The molecule has 1 heterocycles. The first-order chi connectivity index (χ1) is 13.0. The van der Waals surface area contributed by atoms with Gasteiger partial charge in [0.05, 0.1) is 24.7 Å². The molecule has 1 aliphatic heterocycles. The molecule has 0 spiro atoms. The number of nitrogens with one attached hydrogen (secondary N) is 2. The Kier molecular flexibility index (Phi) is 11.6. The average Bonchev–Trinajstić information content (AvgIpc) is 2.70. The zero-order valence-corrected chi connectivity index (χ0v) is 17.8. The molecule has 1 aromatic rings. The van der Waals surface area contributed by atoms with Gasteiger partial charge in [0.25, 0.3) is 0 Å². The SMILES string of the molecule is COCCNCCNC(=O)CCc1ccc(S(=O)(=O)N2CCOCC2)cc1.Cl. The van der Waals surface area contributed by atoms with Crippen LogP contribution in [0.2, 0.25) is 0 Å². The first-order valence-corrected chi connectivity index (χ1v) is 10.6. The monoisotopic (exact) mass is 435 g/mol. The zero-order valence-electron chi connectivity index (χ0n) is 16.2. The first kappa shape index (κ1) is 24.8. The lowest BCUT2D eigenvalue weighted by atomic mass is 10.1. The Bertz CT molecular complexity index is 679. The first-order valence-electron chi connectivity index (χ1n) is 9.17. The Morgan fingerprint density at radius 1 is 1.14 bits per heavy atom. The second-order valence-electron chi connectivity index (χ2n) is 6.25. The Morgan fingerprint density at radius 2 is 1.82 bits per heavy atom. The maximum atomic E-state index is 12.6. The molecule has 28 heavy (non-hydrogen) atoms. The van der Waals surface area contributed by atoms with Gasteiger partial charge in [-0.1, -0.05) is 12.1 Å². The number of carbonyl (C=O) groups is 1. The number of sulfonamides is 1. The van der Waals surface area contributed by atoms with Gasteiger partial charge in [0.2, 0.25) is 15.9 Å². The molecule has 1 amide bonds. The van der Waals surface area contributed by atoms with Crippen LogP contribution in [0.1, 0.15) is 12.0 Å². The van der Waals surface area contributed by atoms with Crippen molar-refractivity contribution in [1.82, 2.24) is 14.9 Å². The summed E-state index contributed by atoms with van der Waals surface area (Å²) in [5.41, 5.74) is 0.935. The number of hydrogen-bond donors (Lipinski definition) is 2. The zero-order chi connectivity index (χ0) is 19.5. The molecule has 1 aromatic carbocycles. The van der Waals surface area contributed by atoms with Gasteiger partial charge in [-0.25, -0.2) is 8.42 Å². The highest BCUT2D eigenvalue weighted by molar-refractivity contribution is 7.89. The predicted octanol–water partition coefficient (Wildman–Crippen LogP) is 0.414. The highest BCUT2D eigenvalue weighted by atomic mass is 35.5. The van der Waals surface area contributed by atoms with E-state index in [0.717, 1.165) is 12.1 Å². The molecule has 10 heteroatoms. The molecule has 0 radical (unpaired) electrons. The Hall–Kier alpha value is -1.23. The number of carbonyl (C=O) groups excluding carboxylic acids is 1. The minimum absolute atomic E-state index is 0. The van der Waals surface area contributed by atoms with Gasteiger partial charge in [-0.3, -0.25) is 4.79 Å². The molecule has 2 N–H and O–H groups in total. The summed E-state index contributed by atoms with van der Waals surface area (Å²) < 4.78 is 36.7. The minimum Gasteiger partial charge on any atom is -0.383 e. The van der Waals surface area contributed by atoms with Gasteiger partial charge >= 0.3 is 0 Å². The predicted molar refractivity (Wildman–Crippen MR) is 109 cm³/mol. The summed E-state index contributed by atoms with van der Waals surface area (Å²) in [5.74, 6) is -0.0199. The second kappa shape index (κ2) is 13.1. The van der Waals surface area contributed by atoms with Crippen molar-refractivity contribution in [3.63, 3.8) is 0 Å². The van der Waals surface area contributed by atoms with E-state index in [9.17, 15) is 13.2 Å². The molecule has 1 aliphatic rings. The number of rotatable bonds is 11. The van der Waals surface area contributed by atoms with Crippen LogP contribution in [0.15, 0.2) is 29.2 Å². The van der Waals surface area contributed by atoms with Crippen LogP contribution < -0.4 is 10.6 Å². The molecule has 0 unspecified atom stereocenters. The third-order valence-corrected chi connectivity index (χ3v) is 6.19. The number of hydrogen-bond acceptors (Lipinski definition) is 6. The fourth-order valence-corrected chi connectivity index (χ4v) is 4.11. The van der Waals surface area contributed by atoms with Crippen molar-refractivity contribution < 1.29 is 22.7 Å². The number of methoxy groups -OCH3 is 1. The number of halogens is 1. The molecule has 2 rings (SSSR count). The molecule has 1 fully saturated rings. The van der Waals surface area contributed by atoms with Gasteiger partial charge in [0, 0.05) is 46.3 Å². The summed E-state index contributed by atoms with van der Waals surface area (Å²) in [4.78, 5) is 12.1. The molecular weight excluding hydrogens is 406 g/mol. The molecule has 0 atom stereocenters. The number of ether oxygens (including phenoxy) is 2. The van der Waals surface area contributed by atoms with Crippen molar-refractivity contribution in [3.8, 4) is 0 Å². The molecule has 1 saturated heterocycles. The third kappa shape index (κ3) is 8.02. The summed E-state index contributed by atoms with van der Waals surface area (Å²) in [7, 11) is -1.83. The molecule has 160 valence electrons. The lowest BCUT2D eigenvalue weighted by Gasteiger charge is -2.26. The van der Waals surface area contributed by atoms with Crippen molar-refractivity contribution in [2.45, 2.75) is 17.7 Å². The fourth-order valence-electron chi connectivity index (χ4n) is 2.70. The molecule has 0 bridgehead atoms. The van der Waals surface area contributed by atoms with Crippen LogP contribution in [-0.2, 0) is 30.7 Å². The highest BCUT2D eigenvalue weighted by Crippen LogP contribution is 2.18. The van der Waals surface area contributed by atoms with E-state index in [1.807, 2.05) is 0 Å². The summed E-state index contributed by atoms with van der Waals surface area (Å²) >= 11 is 0. The Morgan fingerprint density at radius 3 is 2.46 bits per heavy atom. The number of amides is 1. The Balaban J connectivity index is 0.00000392. The van der Waals surface area contributed by atoms with Crippen LogP contribution in [0, 0.1) is 0 Å². The van der Waals surface area contributed by atoms with Gasteiger partial charge in [-0.05, 0) is 24.1 Å². The third-order valence-electron chi connectivity index (χ3n) is 4.28. The highest BCUT2D eigenvalue weighted by Gasteiger charge is 2.26. The molecule has 0 aliphatic carbocycles. The number of aryl methyl sites for hydroxylation is 1. The van der Waals surface area contributed by atoms with E-state index >= 15 is 0 Å². The molecular formula is C18H30ClN3O5S. The molecule has 0 saturated carbocycles. The van der Waals surface area contributed by atoms with Gasteiger partial charge in [0.15, 0.2) is 0 Å². The summed E-state index contributed by atoms with van der Waals surface area (Å²) in [6, 6.07) is 6.76. The number of benzene rings is 1. The molecule has 8 nitrogen and oxygen atoms in total. The van der Waals surface area contributed by atoms with Crippen LogP contribution in [0.5, 0.6) is 0 Å². The maximum Gasteiger partial charge on any atom is 0.243 e. The van der Waals surface area contributed by atoms with E-state index in [0.29, 0.717) is 58.8 Å². The van der Waals surface area contributed by atoms with E-state index in [1.54, 1.807) is 31.4 Å². The topological polar surface area (TPSA) is 97.0 Å². The summed E-state index contributed by atoms with van der Waals surface area (Å²) in [5, 5.41) is 6.01. The fraction of sp³-hybridized carbons (Fsp3) is 0.611. The smallest absolute Gasteiger partial charge is 0.243 e. The van der Waals surface area contributed by atoms with E-state index in [1.165, 1.54) is 4.31 Å². The van der Waals surface area contributed by atoms with E-state index in [2.05, 4.69) is 10.6 Å². The van der Waals surface area contributed by atoms with Gasteiger partial charge in [-0.15, -0.1) is 12.4 Å². The maximum absolute atomic E-state index is 12.6. The van der Waals surface area contributed by atoms with Crippen molar-refractivity contribution in [1.29, 1.82) is 0 Å². The van der Waals surface area contributed by atoms with Gasteiger partial charge in [0.1, 0.15) is 0 Å². The summed E-state index contributed by atoms with van der Waals surface area (Å²) in [6.07, 6.45) is 0.939. The van der Waals surface area contributed by atoms with Crippen LogP contribution in [0.25, 0.3) is 0 Å². The lowest BCUT2D eigenvalue weighted by Crippen LogP contribution is -2.40. The van der Waals surface area contributed by atoms with E-state index in [-0.39, 0.29) is 23.2 Å². The van der Waals surface area contributed by atoms with E-state index in [4.69, 9.17) is 9.47 Å². The van der Waals surface area contributed by atoms with Crippen molar-refractivity contribution in [2.24, 2.45) is 0 Å². The number of nitrogens with zero attached hydrogens (tertiary/aromatic N) is 1. The van der Waals surface area contributed by atoms with E-state index < -0.39 is 10.0 Å². The summed E-state index contributed by atoms with van der Waals surface area (Å²) in [6.45, 7) is 4.28. The molecule has 0 aromatic heterocycles. The second-order valence-corrected chi connectivity index (χ2v) is 8.19.